The summed E-state index contributed by atoms with van der Waals surface area (Å²) in [5.74, 6) is -0.176. The van der Waals surface area contributed by atoms with E-state index in [1.54, 1.807) is 6.92 Å². The van der Waals surface area contributed by atoms with Crippen LogP contribution in [0.3, 0.4) is 0 Å². The van der Waals surface area contributed by atoms with Crippen LogP contribution in [0, 0.1) is 13.8 Å². The highest BCUT2D eigenvalue weighted by molar-refractivity contribution is 6.34. The van der Waals surface area contributed by atoms with E-state index in [4.69, 9.17) is 17.3 Å². The molecular weight excluding hydrogens is 254 g/mol. The third-order valence-corrected chi connectivity index (χ3v) is 2.75. The average Bonchev–Trinajstić information content (AvgIpc) is 2.64. The SMILES string of the molecule is Cc1n[nH]c(C)c1NC(=O)c1nc(N)ccc1Cl. The number of hydrogen-bond donors (Lipinski definition) is 3. The number of carbonyl (C=O) groups excluding carboxylic acids is 1. The van der Waals surface area contributed by atoms with Gasteiger partial charge in [0.25, 0.3) is 5.91 Å². The minimum Gasteiger partial charge on any atom is -0.384 e. The van der Waals surface area contributed by atoms with Crippen molar-refractivity contribution in [3.05, 3.63) is 34.2 Å². The minimum atomic E-state index is -0.417. The van der Waals surface area contributed by atoms with Gasteiger partial charge in [0.15, 0.2) is 0 Å². The molecule has 0 radical (unpaired) electrons. The lowest BCUT2D eigenvalue weighted by atomic mass is 10.3. The Kier molecular flexibility index (Phi) is 3.20. The van der Waals surface area contributed by atoms with Gasteiger partial charge in [-0.3, -0.25) is 9.89 Å². The number of aromatic amines is 1. The summed E-state index contributed by atoms with van der Waals surface area (Å²) in [5.41, 5.74) is 7.71. The number of halogens is 1. The summed E-state index contributed by atoms with van der Waals surface area (Å²) in [6.45, 7) is 3.59. The molecule has 0 atom stereocenters. The van der Waals surface area contributed by atoms with Crippen molar-refractivity contribution in [2.75, 3.05) is 11.1 Å². The number of nitrogens with one attached hydrogen (secondary N) is 2. The zero-order valence-electron chi connectivity index (χ0n) is 9.91. The van der Waals surface area contributed by atoms with Gasteiger partial charge in [0.2, 0.25) is 0 Å². The van der Waals surface area contributed by atoms with Crippen molar-refractivity contribution in [3.8, 4) is 0 Å². The maximum Gasteiger partial charge on any atom is 0.275 e. The van der Waals surface area contributed by atoms with Crippen LogP contribution in [0.2, 0.25) is 5.02 Å². The second-order valence-electron chi connectivity index (χ2n) is 3.83. The molecule has 0 aliphatic heterocycles. The number of H-pyrrole nitrogens is 1. The Bertz CT molecular complexity index is 588. The minimum absolute atomic E-state index is 0.0941. The number of carbonyl (C=O) groups is 1. The molecule has 2 aromatic heterocycles. The predicted molar refractivity (Wildman–Crippen MR) is 69.7 cm³/mol. The summed E-state index contributed by atoms with van der Waals surface area (Å²) in [5, 5.41) is 9.72. The van der Waals surface area contributed by atoms with E-state index in [1.807, 2.05) is 6.92 Å². The zero-order valence-corrected chi connectivity index (χ0v) is 10.7. The fraction of sp³-hybridized carbons (Fsp3) is 0.182. The first-order chi connectivity index (χ1) is 8.49. The summed E-state index contributed by atoms with van der Waals surface area (Å²) >= 11 is 5.91. The van der Waals surface area contributed by atoms with Crippen LogP contribution in [-0.4, -0.2) is 21.1 Å². The Balaban J connectivity index is 2.30. The van der Waals surface area contributed by atoms with E-state index in [0.29, 0.717) is 11.4 Å². The molecule has 0 saturated carbocycles. The molecule has 94 valence electrons. The van der Waals surface area contributed by atoms with Crippen LogP contribution in [0.1, 0.15) is 21.9 Å². The number of pyridine rings is 1. The number of hydrogen-bond acceptors (Lipinski definition) is 4. The van der Waals surface area contributed by atoms with Crippen LogP contribution in [-0.2, 0) is 0 Å². The van der Waals surface area contributed by atoms with Crippen molar-refractivity contribution in [2.24, 2.45) is 0 Å². The van der Waals surface area contributed by atoms with Crippen LogP contribution in [0.15, 0.2) is 12.1 Å². The molecule has 0 spiro atoms. The molecule has 0 saturated heterocycles. The van der Waals surface area contributed by atoms with Gasteiger partial charge >= 0.3 is 0 Å². The van der Waals surface area contributed by atoms with E-state index in [2.05, 4.69) is 20.5 Å². The monoisotopic (exact) mass is 265 g/mol. The first kappa shape index (κ1) is 12.4. The van der Waals surface area contributed by atoms with Crippen LogP contribution in [0.5, 0.6) is 0 Å². The number of nitrogens with zero attached hydrogens (tertiary/aromatic N) is 2. The highest BCUT2D eigenvalue weighted by Gasteiger charge is 2.16. The first-order valence-corrected chi connectivity index (χ1v) is 5.61. The van der Waals surface area contributed by atoms with E-state index >= 15 is 0 Å². The average molecular weight is 266 g/mol. The van der Waals surface area contributed by atoms with Crippen LogP contribution >= 0.6 is 11.6 Å². The lowest BCUT2D eigenvalue weighted by Gasteiger charge is -2.06. The summed E-state index contributed by atoms with van der Waals surface area (Å²) in [4.78, 5) is 15.9. The third-order valence-electron chi connectivity index (χ3n) is 2.45. The third kappa shape index (κ3) is 2.28. The summed E-state index contributed by atoms with van der Waals surface area (Å²) in [6, 6.07) is 3.07. The fourth-order valence-electron chi connectivity index (χ4n) is 1.52. The predicted octanol–water partition coefficient (Wildman–Crippen LogP) is 1.91. The zero-order chi connectivity index (χ0) is 13.3. The van der Waals surface area contributed by atoms with Gasteiger partial charge in [0.1, 0.15) is 11.5 Å². The van der Waals surface area contributed by atoms with Gasteiger partial charge in [0, 0.05) is 0 Å². The number of anilines is 2. The van der Waals surface area contributed by atoms with Gasteiger partial charge in [-0.2, -0.15) is 5.10 Å². The molecule has 0 fully saturated rings. The number of amides is 1. The molecule has 2 aromatic rings. The van der Waals surface area contributed by atoms with Gasteiger partial charge in [0.05, 0.1) is 22.1 Å². The molecule has 2 heterocycles. The molecule has 1 amide bonds. The second-order valence-corrected chi connectivity index (χ2v) is 4.24. The number of nitrogens with two attached hydrogens (primary N) is 1. The number of aromatic nitrogens is 3. The van der Waals surface area contributed by atoms with Crippen LogP contribution in [0.25, 0.3) is 0 Å². The van der Waals surface area contributed by atoms with Crippen molar-refractivity contribution in [2.45, 2.75) is 13.8 Å². The highest BCUT2D eigenvalue weighted by atomic mass is 35.5. The molecule has 0 aromatic carbocycles. The van der Waals surface area contributed by atoms with E-state index in [9.17, 15) is 4.79 Å². The number of nitrogen functional groups attached to an aromatic ring is 1. The van der Waals surface area contributed by atoms with Crippen molar-refractivity contribution >= 4 is 29.0 Å². The quantitative estimate of drug-likeness (QED) is 0.773. The smallest absolute Gasteiger partial charge is 0.275 e. The fourth-order valence-corrected chi connectivity index (χ4v) is 1.72. The summed E-state index contributed by atoms with van der Waals surface area (Å²) < 4.78 is 0. The van der Waals surface area contributed by atoms with Crippen molar-refractivity contribution in [1.29, 1.82) is 0 Å². The Morgan fingerprint density at radius 1 is 1.44 bits per heavy atom. The topological polar surface area (TPSA) is 96.7 Å². The molecular formula is C11H12ClN5O. The van der Waals surface area contributed by atoms with E-state index < -0.39 is 5.91 Å². The number of rotatable bonds is 2. The standard InChI is InChI=1S/C11H12ClN5O/c1-5-9(6(2)17-16-5)15-11(18)10-7(12)3-4-8(13)14-10/h3-4H,1-2H3,(H2,13,14)(H,15,18)(H,16,17). The normalized spacial score (nSPS) is 10.4. The van der Waals surface area contributed by atoms with Crippen LogP contribution in [0.4, 0.5) is 11.5 Å². The van der Waals surface area contributed by atoms with Gasteiger partial charge < -0.3 is 11.1 Å². The lowest BCUT2D eigenvalue weighted by Crippen LogP contribution is -2.16. The summed E-state index contributed by atoms with van der Waals surface area (Å²) in [6.07, 6.45) is 0. The second kappa shape index (κ2) is 4.66. The Labute approximate surface area is 109 Å². The van der Waals surface area contributed by atoms with Crippen LogP contribution < -0.4 is 11.1 Å². The Morgan fingerprint density at radius 2 is 2.17 bits per heavy atom. The van der Waals surface area contributed by atoms with E-state index in [0.717, 1.165) is 5.69 Å². The molecule has 0 unspecified atom stereocenters. The molecule has 0 aliphatic rings. The molecule has 0 bridgehead atoms. The largest absolute Gasteiger partial charge is 0.384 e. The molecule has 4 N–H and O–H groups in total. The van der Waals surface area contributed by atoms with Crippen molar-refractivity contribution in [3.63, 3.8) is 0 Å². The Hall–Kier alpha value is -2.08. The molecule has 2 rings (SSSR count). The first-order valence-electron chi connectivity index (χ1n) is 5.24. The lowest BCUT2D eigenvalue weighted by molar-refractivity contribution is 0.102. The highest BCUT2D eigenvalue weighted by Crippen LogP contribution is 2.20. The maximum atomic E-state index is 12.0. The molecule has 6 nitrogen and oxygen atoms in total. The van der Waals surface area contributed by atoms with Gasteiger partial charge in [-0.15, -0.1) is 0 Å². The van der Waals surface area contributed by atoms with Crippen molar-refractivity contribution in [1.82, 2.24) is 15.2 Å². The van der Waals surface area contributed by atoms with E-state index in [1.165, 1.54) is 12.1 Å². The molecule has 7 heteroatoms. The summed E-state index contributed by atoms with van der Waals surface area (Å²) in [7, 11) is 0. The van der Waals surface area contributed by atoms with Gasteiger partial charge in [-0.25, -0.2) is 4.98 Å². The molecule has 18 heavy (non-hydrogen) atoms. The molecule has 0 aliphatic carbocycles. The number of aryl methyl sites for hydroxylation is 2. The van der Waals surface area contributed by atoms with Crippen molar-refractivity contribution < 1.29 is 4.79 Å². The maximum absolute atomic E-state index is 12.0. The van der Waals surface area contributed by atoms with E-state index in [-0.39, 0.29) is 16.5 Å². The van der Waals surface area contributed by atoms with Gasteiger partial charge in [-0.05, 0) is 26.0 Å². The van der Waals surface area contributed by atoms with Gasteiger partial charge in [-0.1, -0.05) is 11.6 Å². The Morgan fingerprint density at radius 3 is 2.78 bits per heavy atom.